The molecule has 0 spiro atoms. The van der Waals surface area contributed by atoms with Crippen LogP contribution in [0.2, 0.25) is 5.02 Å². The molecular weight excluding hydrogens is 388 g/mol. The molecule has 4 nitrogen and oxygen atoms in total. The zero-order chi connectivity index (χ0) is 16.8. The zero-order valence-electron chi connectivity index (χ0n) is 12.5. The molecule has 0 amide bonds. The van der Waals surface area contributed by atoms with Crippen molar-refractivity contribution in [1.29, 1.82) is 0 Å². The molecule has 2 bridgehead atoms. The number of alkyl halides is 3. The van der Waals surface area contributed by atoms with Gasteiger partial charge in [-0.15, -0.1) is 12.4 Å². The summed E-state index contributed by atoms with van der Waals surface area (Å²) >= 11 is 5.56. The molecule has 3 rings (SSSR count). The van der Waals surface area contributed by atoms with Crippen LogP contribution < -0.4 is 5.32 Å². The van der Waals surface area contributed by atoms with Crippen LogP contribution in [-0.2, 0) is 16.2 Å². The van der Waals surface area contributed by atoms with Gasteiger partial charge in [-0.1, -0.05) is 11.6 Å². The molecule has 0 radical (unpaired) electrons. The minimum Gasteiger partial charge on any atom is -0.310 e. The third kappa shape index (κ3) is 3.83. The molecule has 2 unspecified atom stereocenters. The van der Waals surface area contributed by atoms with E-state index in [4.69, 9.17) is 11.6 Å². The van der Waals surface area contributed by atoms with Gasteiger partial charge in [0.2, 0.25) is 10.0 Å². The lowest BCUT2D eigenvalue weighted by molar-refractivity contribution is -0.137. The minimum atomic E-state index is -4.69. The van der Waals surface area contributed by atoms with E-state index in [0.717, 1.165) is 25.0 Å². The average molecular weight is 405 g/mol. The van der Waals surface area contributed by atoms with Crippen molar-refractivity contribution in [2.24, 2.45) is 0 Å². The number of fused-ring (bicyclic) bond motifs is 2. The van der Waals surface area contributed by atoms with E-state index < -0.39 is 26.8 Å². The fraction of sp³-hybridized carbons (Fsp3) is 0.571. The smallest absolute Gasteiger partial charge is 0.310 e. The Morgan fingerprint density at radius 2 is 1.83 bits per heavy atom. The molecule has 0 saturated carbocycles. The van der Waals surface area contributed by atoms with E-state index in [9.17, 15) is 21.6 Å². The highest BCUT2D eigenvalue weighted by Crippen LogP contribution is 2.36. The lowest BCUT2D eigenvalue weighted by Crippen LogP contribution is -2.39. The molecule has 2 heterocycles. The molecular formula is C14H17Cl2F3N2O2S. The number of nitrogens with one attached hydrogen (secondary N) is 1. The lowest BCUT2D eigenvalue weighted by Gasteiger charge is -2.24. The van der Waals surface area contributed by atoms with Gasteiger partial charge in [0.15, 0.2) is 0 Å². The Morgan fingerprint density at radius 3 is 2.50 bits per heavy atom. The maximum Gasteiger partial charge on any atom is 0.417 e. The number of sulfonamides is 1. The molecule has 2 fully saturated rings. The first-order valence-corrected chi connectivity index (χ1v) is 9.12. The van der Waals surface area contributed by atoms with Crippen LogP contribution >= 0.6 is 24.0 Å². The predicted molar refractivity (Wildman–Crippen MR) is 87.0 cm³/mol. The van der Waals surface area contributed by atoms with Crippen molar-refractivity contribution in [3.8, 4) is 0 Å². The molecule has 1 N–H and O–H groups in total. The Bertz CT molecular complexity index is 712. The number of benzene rings is 1. The number of hydrogen-bond acceptors (Lipinski definition) is 3. The van der Waals surface area contributed by atoms with E-state index >= 15 is 0 Å². The lowest BCUT2D eigenvalue weighted by atomic mass is 10.1. The van der Waals surface area contributed by atoms with Gasteiger partial charge in [-0.3, -0.25) is 0 Å². The van der Waals surface area contributed by atoms with Gasteiger partial charge in [-0.2, -0.15) is 17.5 Å². The molecule has 24 heavy (non-hydrogen) atoms. The van der Waals surface area contributed by atoms with Crippen molar-refractivity contribution >= 4 is 34.0 Å². The summed E-state index contributed by atoms with van der Waals surface area (Å²) < 4.78 is 65.5. The van der Waals surface area contributed by atoms with Crippen LogP contribution in [0.15, 0.2) is 23.1 Å². The van der Waals surface area contributed by atoms with Crippen LogP contribution in [0.5, 0.6) is 0 Å². The van der Waals surface area contributed by atoms with Crippen molar-refractivity contribution in [3.63, 3.8) is 0 Å². The van der Waals surface area contributed by atoms with Gasteiger partial charge in [0, 0.05) is 25.2 Å². The van der Waals surface area contributed by atoms with Crippen LogP contribution in [0.3, 0.4) is 0 Å². The van der Waals surface area contributed by atoms with Gasteiger partial charge in [0.1, 0.15) is 0 Å². The Hall–Kier alpha value is -0.540. The van der Waals surface area contributed by atoms with Gasteiger partial charge in [-0.05, 0) is 37.5 Å². The molecule has 0 aliphatic carbocycles. The minimum absolute atomic E-state index is 0. The number of nitrogens with zero attached hydrogens (tertiary/aromatic N) is 1. The van der Waals surface area contributed by atoms with E-state index in [1.165, 1.54) is 4.31 Å². The van der Waals surface area contributed by atoms with Crippen LogP contribution in [0.1, 0.15) is 24.8 Å². The second kappa shape index (κ2) is 6.99. The molecule has 2 saturated heterocycles. The van der Waals surface area contributed by atoms with Gasteiger partial charge < -0.3 is 5.32 Å². The van der Waals surface area contributed by atoms with Crippen molar-refractivity contribution in [3.05, 3.63) is 28.8 Å². The van der Waals surface area contributed by atoms with Crippen molar-refractivity contribution in [2.45, 2.75) is 42.4 Å². The predicted octanol–water partition coefficient (Wildman–Crippen LogP) is 3.30. The molecule has 10 heteroatoms. The fourth-order valence-corrected chi connectivity index (χ4v) is 4.91. The summed E-state index contributed by atoms with van der Waals surface area (Å²) in [7, 11) is -3.97. The summed E-state index contributed by atoms with van der Waals surface area (Å²) in [6, 6.07) is 3.08. The van der Waals surface area contributed by atoms with E-state index in [-0.39, 0.29) is 35.9 Å². The highest BCUT2D eigenvalue weighted by Gasteiger charge is 2.38. The quantitative estimate of drug-likeness (QED) is 0.822. The molecule has 2 aliphatic heterocycles. The van der Waals surface area contributed by atoms with Crippen molar-refractivity contribution in [2.75, 3.05) is 13.1 Å². The van der Waals surface area contributed by atoms with Crippen LogP contribution in [0.25, 0.3) is 0 Å². The Balaban J connectivity index is 0.00000208. The molecule has 0 aromatic heterocycles. The van der Waals surface area contributed by atoms with E-state index in [2.05, 4.69) is 5.32 Å². The number of hydrogen-bond donors (Lipinski definition) is 1. The molecule has 2 aliphatic rings. The SMILES string of the molecule is Cl.O=S(=O)(c1ccc(Cl)c(C(F)(F)F)c1)N1CCC2CCC(C1)N2. The monoisotopic (exact) mass is 404 g/mol. The Labute approximate surface area is 149 Å². The van der Waals surface area contributed by atoms with E-state index in [0.29, 0.717) is 19.0 Å². The highest BCUT2D eigenvalue weighted by molar-refractivity contribution is 7.89. The van der Waals surface area contributed by atoms with Crippen LogP contribution in [-0.4, -0.2) is 37.9 Å². The van der Waals surface area contributed by atoms with Crippen LogP contribution in [0.4, 0.5) is 13.2 Å². The average Bonchev–Trinajstić information content (AvgIpc) is 2.76. The number of rotatable bonds is 2. The van der Waals surface area contributed by atoms with Crippen molar-refractivity contribution < 1.29 is 21.6 Å². The van der Waals surface area contributed by atoms with Gasteiger partial charge in [0.25, 0.3) is 0 Å². The number of halogens is 5. The van der Waals surface area contributed by atoms with Crippen molar-refractivity contribution in [1.82, 2.24) is 9.62 Å². The normalized spacial score (nSPS) is 25.2. The summed E-state index contributed by atoms with van der Waals surface area (Å²) in [6.07, 6.45) is -2.14. The molecule has 136 valence electrons. The summed E-state index contributed by atoms with van der Waals surface area (Å²) in [4.78, 5) is -0.369. The molecule has 1 aromatic carbocycles. The zero-order valence-corrected chi connectivity index (χ0v) is 14.9. The second-order valence-electron chi connectivity index (χ2n) is 5.93. The van der Waals surface area contributed by atoms with Gasteiger partial charge >= 0.3 is 6.18 Å². The first-order chi connectivity index (χ1) is 10.7. The maximum atomic E-state index is 12.9. The first-order valence-electron chi connectivity index (χ1n) is 7.31. The third-order valence-electron chi connectivity index (χ3n) is 4.37. The van der Waals surface area contributed by atoms with E-state index in [1.54, 1.807) is 0 Å². The molecule has 1 aromatic rings. The maximum absolute atomic E-state index is 12.9. The summed E-state index contributed by atoms with van der Waals surface area (Å²) in [6.45, 7) is 0.587. The summed E-state index contributed by atoms with van der Waals surface area (Å²) in [5.74, 6) is 0. The van der Waals surface area contributed by atoms with Crippen LogP contribution in [0, 0.1) is 0 Å². The topological polar surface area (TPSA) is 49.4 Å². The Kier molecular flexibility index (Phi) is 5.76. The second-order valence-corrected chi connectivity index (χ2v) is 8.27. The van der Waals surface area contributed by atoms with E-state index in [1.807, 2.05) is 0 Å². The highest BCUT2D eigenvalue weighted by atomic mass is 35.5. The largest absolute Gasteiger partial charge is 0.417 e. The van der Waals surface area contributed by atoms with Gasteiger partial charge in [-0.25, -0.2) is 8.42 Å². The standard InChI is InChI=1S/C14H16ClF3N2O2S.ClH/c15-13-4-3-11(7-12(13)14(16,17)18)23(21,22)20-6-5-9-1-2-10(8-20)19-9;/h3-4,7,9-10,19H,1-2,5-6,8H2;1H. The summed E-state index contributed by atoms with van der Waals surface area (Å²) in [5.41, 5.74) is -1.13. The fourth-order valence-electron chi connectivity index (χ4n) is 3.16. The summed E-state index contributed by atoms with van der Waals surface area (Å²) in [5, 5.41) is 2.84. The van der Waals surface area contributed by atoms with Gasteiger partial charge in [0.05, 0.1) is 15.5 Å². The third-order valence-corrected chi connectivity index (χ3v) is 6.56. The Morgan fingerprint density at radius 1 is 1.17 bits per heavy atom. The molecule has 2 atom stereocenters. The first kappa shape index (κ1) is 19.8.